The van der Waals surface area contributed by atoms with Gasteiger partial charge in [-0.1, -0.05) is 6.07 Å². The van der Waals surface area contributed by atoms with E-state index in [1.54, 1.807) is 35.7 Å². The number of hydrogen-bond donors (Lipinski definition) is 1. The minimum Gasteiger partial charge on any atom is -0.302 e. The molecule has 3 rings (SSSR count). The van der Waals surface area contributed by atoms with Crippen LogP contribution in [0.4, 0.5) is 0 Å². The number of sulfonamides is 1. The summed E-state index contributed by atoms with van der Waals surface area (Å²) in [4.78, 5) is 23.4. The Morgan fingerprint density at radius 2 is 1.88 bits per heavy atom. The highest BCUT2D eigenvalue weighted by Gasteiger charge is 2.25. The van der Waals surface area contributed by atoms with Crippen molar-refractivity contribution in [2.75, 3.05) is 0 Å². The predicted octanol–water partition coefficient (Wildman–Crippen LogP) is -0.834. The highest BCUT2D eigenvalue weighted by atomic mass is 32.2. The Morgan fingerprint density at radius 3 is 2.60 bits per heavy atom. The third-order valence-electron chi connectivity index (χ3n) is 3.76. The van der Waals surface area contributed by atoms with Gasteiger partial charge in [-0.15, -0.1) is 10.2 Å². The molecule has 0 aliphatic carbocycles. The van der Waals surface area contributed by atoms with Crippen LogP contribution in [0.25, 0.3) is 5.65 Å². The summed E-state index contributed by atoms with van der Waals surface area (Å²) in [7, 11) is -1.58. The molecule has 11 heteroatoms. The lowest BCUT2D eigenvalue weighted by atomic mass is 10.3. The van der Waals surface area contributed by atoms with Gasteiger partial charge >= 0.3 is 5.69 Å². The average Bonchev–Trinajstić information content (AvgIpc) is 3.00. The molecule has 0 aliphatic rings. The summed E-state index contributed by atoms with van der Waals surface area (Å²) in [6.07, 6.45) is 2.71. The van der Waals surface area contributed by atoms with E-state index in [9.17, 15) is 18.0 Å². The molecule has 0 saturated heterocycles. The Bertz CT molecular complexity index is 1170. The van der Waals surface area contributed by atoms with Gasteiger partial charge in [-0.05, 0) is 19.1 Å². The van der Waals surface area contributed by atoms with Crippen LogP contribution in [0, 0.1) is 0 Å². The summed E-state index contributed by atoms with van der Waals surface area (Å²) >= 11 is 0. The van der Waals surface area contributed by atoms with Crippen LogP contribution in [-0.2, 0) is 24.1 Å². The molecule has 0 fully saturated rings. The van der Waals surface area contributed by atoms with Crippen LogP contribution in [0.2, 0.25) is 0 Å². The van der Waals surface area contributed by atoms with E-state index in [-0.39, 0.29) is 0 Å². The first-order valence-corrected chi connectivity index (χ1v) is 8.79. The lowest BCUT2D eigenvalue weighted by Gasteiger charge is -2.13. The summed E-state index contributed by atoms with van der Waals surface area (Å²) in [6, 6.07) is 4.55. The van der Waals surface area contributed by atoms with Crippen LogP contribution < -0.4 is 16.0 Å². The molecular formula is C14H16N6O4S. The Labute approximate surface area is 142 Å². The van der Waals surface area contributed by atoms with Crippen molar-refractivity contribution in [2.24, 2.45) is 14.1 Å². The van der Waals surface area contributed by atoms with Crippen molar-refractivity contribution in [3.8, 4) is 0 Å². The molecule has 25 heavy (non-hydrogen) atoms. The lowest BCUT2D eigenvalue weighted by molar-refractivity contribution is 0.550. The van der Waals surface area contributed by atoms with Gasteiger partial charge in [0.25, 0.3) is 5.56 Å². The number of rotatable bonds is 4. The molecule has 0 unspecified atom stereocenters. The molecule has 0 aromatic carbocycles. The van der Waals surface area contributed by atoms with Crippen LogP contribution in [0.1, 0.15) is 18.8 Å². The highest BCUT2D eigenvalue weighted by molar-refractivity contribution is 7.89. The monoisotopic (exact) mass is 364 g/mol. The molecule has 3 heterocycles. The molecule has 0 radical (unpaired) electrons. The van der Waals surface area contributed by atoms with E-state index >= 15 is 0 Å². The van der Waals surface area contributed by atoms with Gasteiger partial charge in [0.15, 0.2) is 16.4 Å². The number of nitrogens with one attached hydrogen (secondary N) is 1. The Hall–Kier alpha value is -2.79. The van der Waals surface area contributed by atoms with E-state index in [4.69, 9.17) is 0 Å². The predicted molar refractivity (Wildman–Crippen MR) is 88.6 cm³/mol. The second-order valence-corrected chi connectivity index (χ2v) is 7.26. The van der Waals surface area contributed by atoms with Gasteiger partial charge in [-0.25, -0.2) is 17.9 Å². The van der Waals surface area contributed by atoms with Gasteiger partial charge in [0.2, 0.25) is 10.0 Å². The first-order chi connectivity index (χ1) is 11.7. The maximum Gasteiger partial charge on any atom is 0.330 e. The largest absolute Gasteiger partial charge is 0.330 e. The van der Waals surface area contributed by atoms with Crippen molar-refractivity contribution in [1.29, 1.82) is 0 Å². The molecule has 0 spiro atoms. The van der Waals surface area contributed by atoms with Gasteiger partial charge < -0.3 is 4.57 Å². The summed E-state index contributed by atoms with van der Waals surface area (Å²) in [6.45, 7) is 1.59. The maximum atomic E-state index is 12.6. The second-order valence-electron chi connectivity index (χ2n) is 5.58. The second kappa shape index (κ2) is 5.93. The lowest BCUT2D eigenvalue weighted by Crippen LogP contribution is -2.42. The van der Waals surface area contributed by atoms with Crippen molar-refractivity contribution in [3.05, 3.63) is 57.3 Å². The number of aryl methyl sites for hydroxylation is 1. The molecule has 10 nitrogen and oxygen atoms in total. The zero-order valence-corrected chi connectivity index (χ0v) is 14.6. The quantitative estimate of drug-likeness (QED) is 0.645. The third-order valence-corrected chi connectivity index (χ3v) is 5.29. The summed E-state index contributed by atoms with van der Waals surface area (Å²) in [5.74, 6) is 0.376. The van der Waals surface area contributed by atoms with Gasteiger partial charge in [0, 0.05) is 26.5 Å². The van der Waals surface area contributed by atoms with E-state index in [0.717, 1.165) is 15.3 Å². The number of fused-ring (bicyclic) bond motifs is 1. The molecule has 3 aromatic heterocycles. The Morgan fingerprint density at radius 1 is 1.16 bits per heavy atom. The van der Waals surface area contributed by atoms with Crippen molar-refractivity contribution in [3.63, 3.8) is 0 Å². The van der Waals surface area contributed by atoms with Crippen LogP contribution in [0.15, 0.2) is 45.1 Å². The Balaban J connectivity index is 2.02. The number of hydrogen-bond acceptors (Lipinski definition) is 6. The SMILES string of the molecule is C[C@H](NS(=O)(=O)c1cn(C)c(=O)n(C)c1=O)c1nnc2ccccn12. The fourth-order valence-electron chi connectivity index (χ4n) is 2.46. The number of aromatic nitrogens is 5. The zero-order chi connectivity index (χ0) is 18.4. The molecule has 1 N–H and O–H groups in total. The standard InChI is InChI=1S/C14H16N6O4S/c1-9(12-16-15-11-6-4-5-7-20(11)12)17-25(23,24)10-8-18(2)14(22)19(3)13(10)21/h4-9,17H,1-3H3/t9-/m0/s1. The minimum absolute atomic E-state index is 0.376. The molecule has 3 aromatic rings. The summed E-state index contributed by atoms with van der Waals surface area (Å²) < 4.78 is 31.0. The zero-order valence-electron chi connectivity index (χ0n) is 13.7. The average molecular weight is 364 g/mol. The summed E-state index contributed by atoms with van der Waals surface area (Å²) in [5.41, 5.74) is -0.934. The van der Waals surface area contributed by atoms with E-state index < -0.39 is 32.2 Å². The first-order valence-electron chi connectivity index (χ1n) is 7.31. The van der Waals surface area contributed by atoms with Crippen molar-refractivity contribution < 1.29 is 8.42 Å². The topological polar surface area (TPSA) is 120 Å². The van der Waals surface area contributed by atoms with E-state index in [1.807, 2.05) is 0 Å². The fourth-order valence-corrected chi connectivity index (χ4v) is 3.83. The van der Waals surface area contributed by atoms with Gasteiger partial charge in [-0.2, -0.15) is 0 Å². The maximum absolute atomic E-state index is 12.6. The van der Waals surface area contributed by atoms with Crippen molar-refractivity contribution in [2.45, 2.75) is 17.9 Å². The van der Waals surface area contributed by atoms with Gasteiger partial charge in [0.05, 0.1) is 6.04 Å². The van der Waals surface area contributed by atoms with Crippen LogP contribution in [-0.4, -0.2) is 32.2 Å². The summed E-state index contributed by atoms with van der Waals surface area (Å²) in [5, 5.41) is 7.96. The van der Waals surface area contributed by atoms with Gasteiger partial charge in [-0.3, -0.25) is 13.8 Å². The fraction of sp³-hybridized carbons (Fsp3) is 0.286. The molecule has 1 atom stereocenters. The Kier molecular flexibility index (Phi) is 4.05. The molecular weight excluding hydrogens is 348 g/mol. The number of pyridine rings is 1. The third kappa shape index (κ3) is 2.87. The van der Waals surface area contributed by atoms with Crippen molar-refractivity contribution in [1.82, 2.24) is 28.5 Å². The van der Waals surface area contributed by atoms with E-state index in [1.165, 1.54) is 14.1 Å². The minimum atomic E-state index is -4.17. The van der Waals surface area contributed by atoms with Gasteiger partial charge in [0.1, 0.15) is 0 Å². The number of nitrogens with zero attached hydrogens (tertiary/aromatic N) is 5. The molecule has 0 aliphatic heterocycles. The first kappa shape index (κ1) is 17.0. The normalized spacial score (nSPS) is 13.2. The smallest absolute Gasteiger partial charge is 0.302 e. The van der Waals surface area contributed by atoms with Crippen LogP contribution >= 0.6 is 0 Å². The molecule has 0 saturated carbocycles. The van der Waals surface area contributed by atoms with Crippen LogP contribution in [0.3, 0.4) is 0 Å². The molecule has 132 valence electrons. The van der Waals surface area contributed by atoms with E-state index in [2.05, 4.69) is 14.9 Å². The van der Waals surface area contributed by atoms with E-state index in [0.29, 0.717) is 11.5 Å². The molecule has 0 bridgehead atoms. The molecule has 0 amide bonds. The van der Waals surface area contributed by atoms with Crippen LogP contribution in [0.5, 0.6) is 0 Å². The van der Waals surface area contributed by atoms with Crippen molar-refractivity contribution >= 4 is 15.7 Å². The highest BCUT2D eigenvalue weighted by Crippen LogP contribution is 2.14.